The second-order valence-corrected chi connectivity index (χ2v) is 5.74. The van der Waals surface area contributed by atoms with Gasteiger partial charge in [-0.05, 0) is 51.3 Å². The summed E-state index contributed by atoms with van der Waals surface area (Å²) in [5, 5.41) is 10.8. The van der Waals surface area contributed by atoms with Crippen LogP contribution < -0.4 is 4.74 Å². The Balaban J connectivity index is 1.66. The molecule has 2 heterocycles. The van der Waals surface area contributed by atoms with Crippen molar-refractivity contribution in [2.75, 3.05) is 20.2 Å². The first-order valence-electron chi connectivity index (χ1n) is 7.18. The molecule has 1 aliphatic heterocycles. The third-order valence-electron chi connectivity index (χ3n) is 4.67. The number of hydrogen-bond acceptors (Lipinski definition) is 4. The highest BCUT2D eigenvalue weighted by molar-refractivity contribution is 5.24. The van der Waals surface area contributed by atoms with Crippen LogP contribution in [0.5, 0.6) is 5.88 Å². The monoisotopic (exact) mass is 262 g/mol. The molecular weight excluding hydrogens is 240 g/mol. The molecule has 2 fully saturated rings. The van der Waals surface area contributed by atoms with Crippen LogP contribution in [0.3, 0.4) is 0 Å². The molecular formula is C15H22N2O2. The minimum atomic E-state index is -0.694. The third kappa shape index (κ3) is 2.47. The van der Waals surface area contributed by atoms with Crippen LogP contribution in [0, 0.1) is 0 Å². The highest BCUT2D eigenvalue weighted by atomic mass is 16.5. The predicted octanol–water partition coefficient (Wildman–Crippen LogP) is 1.93. The lowest BCUT2D eigenvalue weighted by Crippen LogP contribution is -2.48. The molecule has 0 atom stereocenters. The molecule has 1 saturated heterocycles. The topological polar surface area (TPSA) is 45.6 Å². The van der Waals surface area contributed by atoms with Gasteiger partial charge in [-0.15, -0.1) is 0 Å². The van der Waals surface area contributed by atoms with E-state index in [-0.39, 0.29) is 0 Å². The molecule has 2 aliphatic rings. The molecule has 19 heavy (non-hydrogen) atoms. The van der Waals surface area contributed by atoms with Crippen LogP contribution in [0.4, 0.5) is 0 Å². The lowest BCUT2D eigenvalue weighted by Gasteiger charge is -2.44. The van der Waals surface area contributed by atoms with Crippen LogP contribution in [0.15, 0.2) is 18.3 Å². The first-order chi connectivity index (χ1) is 9.21. The number of aliphatic hydroxyl groups is 1. The second-order valence-electron chi connectivity index (χ2n) is 5.74. The maximum atomic E-state index is 10.8. The van der Waals surface area contributed by atoms with Gasteiger partial charge in [-0.3, -0.25) is 0 Å². The molecule has 1 N–H and O–H groups in total. The Morgan fingerprint density at radius 1 is 1.32 bits per heavy atom. The van der Waals surface area contributed by atoms with E-state index in [1.54, 1.807) is 13.3 Å². The van der Waals surface area contributed by atoms with Crippen LogP contribution in [0.2, 0.25) is 0 Å². The summed E-state index contributed by atoms with van der Waals surface area (Å²) in [5.74, 6) is 0.599. The van der Waals surface area contributed by atoms with E-state index in [2.05, 4.69) is 9.88 Å². The zero-order valence-electron chi connectivity index (χ0n) is 11.5. The Bertz CT molecular complexity index is 420. The number of likely N-dealkylation sites (tertiary alicyclic amines) is 1. The van der Waals surface area contributed by atoms with Gasteiger partial charge in [-0.25, -0.2) is 4.98 Å². The molecule has 1 aliphatic carbocycles. The van der Waals surface area contributed by atoms with Crippen LogP contribution in [0.1, 0.15) is 37.7 Å². The van der Waals surface area contributed by atoms with Gasteiger partial charge in [0.1, 0.15) is 0 Å². The van der Waals surface area contributed by atoms with Crippen molar-refractivity contribution in [3.63, 3.8) is 0 Å². The molecule has 0 amide bonds. The van der Waals surface area contributed by atoms with Crippen LogP contribution in [-0.2, 0) is 5.60 Å². The Kier molecular flexibility index (Phi) is 3.46. The maximum absolute atomic E-state index is 10.8. The molecule has 4 nitrogen and oxygen atoms in total. The molecule has 3 rings (SSSR count). The number of pyridine rings is 1. The molecule has 1 aromatic heterocycles. The van der Waals surface area contributed by atoms with Crippen LogP contribution in [0.25, 0.3) is 0 Å². The van der Waals surface area contributed by atoms with E-state index < -0.39 is 5.60 Å². The Labute approximate surface area is 114 Å². The summed E-state index contributed by atoms with van der Waals surface area (Å²) in [6.07, 6.45) is 6.93. The lowest BCUT2D eigenvalue weighted by atomic mass is 9.77. The van der Waals surface area contributed by atoms with Gasteiger partial charge >= 0.3 is 0 Å². The van der Waals surface area contributed by atoms with Crippen LogP contribution >= 0.6 is 0 Å². The van der Waals surface area contributed by atoms with E-state index >= 15 is 0 Å². The van der Waals surface area contributed by atoms with E-state index in [1.165, 1.54) is 19.5 Å². The number of aromatic nitrogens is 1. The quantitative estimate of drug-likeness (QED) is 0.904. The molecule has 1 aromatic rings. The zero-order chi connectivity index (χ0) is 13.3. The fourth-order valence-corrected chi connectivity index (χ4v) is 3.22. The van der Waals surface area contributed by atoms with E-state index in [1.807, 2.05) is 12.1 Å². The molecule has 0 aromatic carbocycles. The summed E-state index contributed by atoms with van der Waals surface area (Å²) in [7, 11) is 1.61. The van der Waals surface area contributed by atoms with Gasteiger partial charge in [0.2, 0.25) is 5.88 Å². The summed E-state index contributed by atoms with van der Waals surface area (Å²) in [4.78, 5) is 6.75. The van der Waals surface area contributed by atoms with Crippen molar-refractivity contribution in [2.45, 2.75) is 43.7 Å². The van der Waals surface area contributed by atoms with Crippen molar-refractivity contribution in [2.24, 2.45) is 0 Å². The lowest BCUT2D eigenvalue weighted by molar-refractivity contribution is -0.0346. The molecule has 1 saturated carbocycles. The van der Waals surface area contributed by atoms with Gasteiger partial charge in [-0.2, -0.15) is 0 Å². The fourth-order valence-electron chi connectivity index (χ4n) is 3.22. The molecule has 0 spiro atoms. The van der Waals surface area contributed by atoms with Gasteiger partial charge in [0, 0.05) is 23.9 Å². The smallest absolute Gasteiger partial charge is 0.212 e. The Hall–Kier alpha value is -1.13. The first kappa shape index (κ1) is 12.9. The van der Waals surface area contributed by atoms with Crippen molar-refractivity contribution < 1.29 is 9.84 Å². The van der Waals surface area contributed by atoms with E-state index in [0.717, 1.165) is 31.2 Å². The molecule has 0 radical (unpaired) electrons. The predicted molar refractivity (Wildman–Crippen MR) is 73.1 cm³/mol. The van der Waals surface area contributed by atoms with Crippen molar-refractivity contribution in [3.8, 4) is 5.88 Å². The zero-order valence-corrected chi connectivity index (χ0v) is 11.5. The SMILES string of the molecule is COc1ccc(C2(O)CCC(N3CCC3)CC2)cn1. The normalized spacial score (nSPS) is 31.8. The minimum absolute atomic E-state index is 0.599. The van der Waals surface area contributed by atoms with Crippen molar-refractivity contribution in [1.29, 1.82) is 0 Å². The fraction of sp³-hybridized carbons (Fsp3) is 0.667. The second kappa shape index (κ2) is 5.10. The average molecular weight is 262 g/mol. The minimum Gasteiger partial charge on any atom is -0.481 e. The van der Waals surface area contributed by atoms with Crippen molar-refractivity contribution in [1.82, 2.24) is 9.88 Å². The van der Waals surface area contributed by atoms with Crippen molar-refractivity contribution >= 4 is 0 Å². The summed E-state index contributed by atoms with van der Waals surface area (Å²) in [5.41, 5.74) is 0.232. The largest absolute Gasteiger partial charge is 0.481 e. The Morgan fingerprint density at radius 3 is 2.53 bits per heavy atom. The number of methoxy groups -OCH3 is 1. The number of rotatable bonds is 3. The Morgan fingerprint density at radius 2 is 2.05 bits per heavy atom. The number of hydrogen-bond donors (Lipinski definition) is 1. The molecule has 0 unspecified atom stereocenters. The summed E-state index contributed by atoms with van der Waals surface area (Å²) in [6, 6.07) is 4.45. The standard InChI is InChI=1S/C15H22N2O2/c1-19-14-4-3-12(11-16-14)15(18)7-5-13(6-8-15)17-9-2-10-17/h3-4,11,13,18H,2,5-10H2,1H3. The average Bonchev–Trinajstić information content (AvgIpc) is 2.40. The maximum Gasteiger partial charge on any atom is 0.212 e. The van der Waals surface area contributed by atoms with Gasteiger partial charge in [0.25, 0.3) is 0 Å². The summed E-state index contributed by atoms with van der Waals surface area (Å²) >= 11 is 0. The van der Waals surface area contributed by atoms with E-state index in [4.69, 9.17) is 4.74 Å². The highest BCUT2D eigenvalue weighted by Gasteiger charge is 2.37. The molecule has 4 heteroatoms. The van der Waals surface area contributed by atoms with Gasteiger partial charge in [0.15, 0.2) is 0 Å². The molecule has 104 valence electrons. The van der Waals surface area contributed by atoms with Crippen LogP contribution in [-0.4, -0.2) is 41.2 Å². The van der Waals surface area contributed by atoms with Gasteiger partial charge in [0.05, 0.1) is 12.7 Å². The first-order valence-corrected chi connectivity index (χ1v) is 7.18. The van der Waals surface area contributed by atoms with E-state index in [9.17, 15) is 5.11 Å². The molecule has 0 bridgehead atoms. The van der Waals surface area contributed by atoms with Gasteiger partial charge < -0.3 is 14.7 Å². The summed E-state index contributed by atoms with van der Waals surface area (Å²) in [6.45, 7) is 2.49. The number of ether oxygens (including phenoxy) is 1. The van der Waals surface area contributed by atoms with Gasteiger partial charge in [-0.1, -0.05) is 0 Å². The summed E-state index contributed by atoms with van der Waals surface area (Å²) < 4.78 is 5.06. The van der Waals surface area contributed by atoms with Crippen molar-refractivity contribution in [3.05, 3.63) is 23.9 Å². The van der Waals surface area contributed by atoms with E-state index in [0.29, 0.717) is 11.9 Å². The highest BCUT2D eigenvalue weighted by Crippen LogP contribution is 2.39. The third-order valence-corrected chi connectivity index (χ3v) is 4.67. The number of nitrogens with zero attached hydrogens (tertiary/aromatic N) is 2.